The fourth-order valence-corrected chi connectivity index (χ4v) is 2.56. The first kappa shape index (κ1) is 23.6. The molecule has 0 aliphatic rings. The molecule has 0 saturated heterocycles. The van der Waals surface area contributed by atoms with Crippen LogP contribution in [0.3, 0.4) is 0 Å². The molecule has 0 radical (unpaired) electrons. The minimum atomic E-state index is -4.61. The zero-order chi connectivity index (χ0) is 23.3. The number of alkyl halides is 3. The van der Waals surface area contributed by atoms with Crippen molar-refractivity contribution >= 4 is 17.8 Å². The highest BCUT2D eigenvalue weighted by Gasteiger charge is 2.31. The standard InChI is InChI=1S/C19H18F3N3O6/c1-11-7-14(26)17(18(29)24(9-15(27)30-2)10-16(28)31-3)23-25(11)13-6-4-5-12(8-13)19(20,21)22/h4-8H,9-10H2,1-3H3. The molecule has 166 valence electrons. The Kier molecular flexibility index (Phi) is 7.16. The van der Waals surface area contributed by atoms with Crippen molar-refractivity contribution in [2.24, 2.45) is 0 Å². The molecule has 2 aromatic rings. The normalized spacial score (nSPS) is 11.0. The fraction of sp³-hybridized carbons (Fsp3) is 0.316. The van der Waals surface area contributed by atoms with Crippen LogP contribution in [0.1, 0.15) is 21.7 Å². The zero-order valence-corrected chi connectivity index (χ0v) is 16.7. The number of rotatable bonds is 6. The van der Waals surface area contributed by atoms with E-state index < -0.39 is 53.8 Å². The molecule has 0 saturated carbocycles. The molecule has 0 fully saturated rings. The molecule has 1 heterocycles. The van der Waals surface area contributed by atoms with Gasteiger partial charge in [0.15, 0.2) is 5.69 Å². The number of hydrogen-bond donors (Lipinski definition) is 0. The second-order valence-electron chi connectivity index (χ2n) is 6.27. The summed E-state index contributed by atoms with van der Waals surface area (Å²) >= 11 is 0. The molecule has 0 unspecified atom stereocenters. The van der Waals surface area contributed by atoms with Crippen molar-refractivity contribution in [3.8, 4) is 5.69 Å². The molecule has 0 aliphatic carbocycles. The van der Waals surface area contributed by atoms with Crippen molar-refractivity contribution in [2.45, 2.75) is 13.1 Å². The van der Waals surface area contributed by atoms with Gasteiger partial charge in [0.25, 0.3) is 5.91 Å². The zero-order valence-electron chi connectivity index (χ0n) is 16.7. The van der Waals surface area contributed by atoms with E-state index in [9.17, 15) is 32.3 Å². The van der Waals surface area contributed by atoms with E-state index in [-0.39, 0.29) is 11.4 Å². The minimum absolute atomic E-state index is 0.0474. The van der Waals surface area contributed by atoms with Gasteiger partial charge in [-0.25, -0.2) is 4.68 Å². The number of esters is 2. The Hall–Kier alpha value is -3.70. The summed E-state index contributed by atoms with van der Waals surface area (Å²) in [6, 6.07) is 5.14. The van der Waals surface area contributed by atoms with E-state index in [1.165, 1.54) is 13.0 Å². The summed E-state index contributed by atoms with van der Waals surface area (Å²) in [6.45, 7) is 0.0650. The third kappa shape index (κ3) is 5.68. The van der Waals surface area contributed by atoms with Crippen LogP contribution in [0.5, 0.6) is 0 Å². The van der Waals surface area contributed by atoms with Crippen molar-refractivity contribution in [3.63, 3.8) is 0 Å². The summed E-state index contributed by atoms with van der Waals surface area (Å²) in [5.74, 6) is -2.84. The molecule has 0 bridgehead atoms. The first-order valence-electron chi connectivity index (χ1n) is 8.69. The highest BCUT2D eigenvalue weighted by molar-refractivity contribution is 5.96. The van der Waals surface area contributed by atoms with Gasteiger partial charge in [-0.15, -0.1) is 0 Å². The van der Waals surface area contributed by atoms with Crippen LogP contribution < -0.4 is 5.43 Å². The molecule has 1 aromatic carbocycles. The average molecular weight is 441 g/mol. The predicted molar refractivity (Wildman–Crippen MR) is 99.5 cm³/mol. The maximum absolute atomic E-state index is 13.0. The number of nitrogens with zero attached hydrogens (tertiary/aromatic N) is 3. The Bertz CT molecular complexity index is 1050. The van der Waals surface area contributed by atoms with Crippen molar-refractivity contribution < 1.29 is 37.0 Å². The van der Waals surface area contributed by atoms with Gasteiger partial charge in [-0.05, 0) is 25.1 Å². The quantitative estimate of drug-likeness (QED) is 0.623. The molecule has 31 heavy (non-hydrogen) atoms. The summed E-state index contributed by atoms with van der Waals surface area (Å²) in [5, 5.41) is 3.89. The maximum atomic E-state index is 13.0. The average Bonchev–Trinajstić information content (AvgIpc) is 2.72. The van der Waals surface area contributed by atoms with Gasteiger partial charge in [0, 0.05) is 11.8 Å². The van der Waals surface area contributed by atoms with Crippen molar-refractivity contribution in [1.82, 2.24) is 14.7 Å². The van der Waals surface area contributed by atoms with E-state index >= 15 is 0 Å². The molecule has 12 heteroatoms. The largest absolute Gasteiger partial charge is 0.468 e. The van der Waals surface area contributed by atoms with Gasteiger partial charge in [-0.3, -0.25) is 19.2 Å². The lowest BCUT2D eigenvalue weighted by atomic mass is 10.2. The molecule has 1 aromatic heterocycles. The summed E-state index contributed by atoms with van der Waals surface area (Å²) in [7, 11) is 2.13. The number of ether oxygens (including phenoxy) is 2. The molecule has 0 N–H and O–H groups in total. The summed E-state index contributed by atoms with van der Waals surface area (Å²) < 4.78 is 49.1. The van der Waals surface area contributed by atoms with Crippen LogP contribution in [-0.2, 0) is 25.2 Å². The van der Waals surface area contributed by atoms with Crippen LogP contribution in [0.4, 0.5) is 13.2 Å². The third-order valence-corrected chi connectivity index (χ3v) is 4.11. The Balaban J connectivity index is 2.54. The van der Waals surface area contributed by atoms with Crippen LogP contribution >= 0.6 is 0 Å². The Morgan fingerprint density at radius 2 is 1.65 bits per heavy atom. The van der Waals surface area contributed by atoms with Gasteiger partial charge in [0.1, 0.15) is 13.1 Å². The van der Waals surface area contributed by atoms with E-state index in [2.05, 4.69) is 14.6 Å². The summed E-state index contributed by atoms with van der Waals surface area (Å²) in [4.78, 5) is 49.1. The van der Waals surface area contributed by atoms with Gasteiger partial charge in [-0.2, -0.15) is 18.3 Å². The monoisotopic (exact) mass is 441 g/mol. The van der Waals surface area contributed by atoms with E-state index in [1.54, 1.807) is 0 Å². The van der Waals surface area contributed by atoms with Crippen LogP contribution in [0.25, 0.3) is 5.69 Å². The lowest BCUT2D eigenvalue weighted by Crippen LogP contribution is -2.42. The van der Waals surface area contributed by atoms with E-state index in [4.69, 9.17) is 0 Å². The minimum Gasteiger partial charge on any atom is -0.468 e. The number of halogens is 3. The van der Waals surface area contributed by atoms with Crippen LogP contribution in [0.2, 0.25) is 0 Å². The lowest BCUT2D eigenvalue weighted by Gasteiger charge is -2.20. The smallest absolute Gasteiger partial charge is 0.416 e. The van der Waals surface area contributed by atoms with Crippen LogP contribution in [-0.4, -0.2) is 59.8 Å². The number of benzene rings is 1. The van der Waals surface area contributed by atoms with Crippen molar-refractivity contribution in [3.05, 3.63) is 57.5 Å². The molecule has 0 spiro atoms. The number of hydrogen-bond acceptors (Lipinski definition) is 7. The molecule has 9 nitrogen and oxygen atoms in total. The highest BCUT2D eigenvalue weighted by Crippen LogP contribution is 2.30. The second kappa shape index (κ2) is 9.41. The number of carbonyl (C=O) groups excluding carboxylic acids is 3. The summed E-state index contributed by atoms with van der Waals surface area (Å²) in [5.41, 5.74) is -2.38. The van der Waals surface area contributed by atoms with Crippen molar-refractivity contribution in [2.75, 3.05) is 27.3 Å². The lowest BCUT2D eigenvalue weighted by molar-refractivity contribution is -0.144. The highest BCUT2D eigenvalue weighted by atomic mass is 19.4. The molecular formula is C19H18F3N3O6. The number of aromatic nitrogens is 2. The second-order valence-corrected chi connectivity index (χ2v) is 6.27. The van der Waals surface area contributed by atoms with Gasteiger partial charge in [-0.1, -0.05) is 6.07 Å². The number of amides is 1. The van der Waals surface area contributed by atoms with Gasteiger partial charge in [0.05, 0.1) is 25.5 Å². The Morgan fingerprint density at radius 1 is 1.06 bits per heavy atom. The van der Waals surface area contributed by atoms with Crippen LogP contribution in [0.15, 0.2) is 35.1 Å². The first-order chi connectivity index (χ1) is 14.5. The summed E-state index contributed by atoms with van der Waals surface area (Å²) in [6.07, 6.45) is -4.61. The predicted octanol–water partition coefficient (Wildman–Crippen LogP) is 1.35. The van der Waals surface area contributed by atoms with Crippen LogP contribution in [0, 0.1) is 6.92 Å². The van der Waals surface area contributed by atoms with Crippen molar-refractivity contribution in [1.29, 1.82) is 0 Å². The molecule has 1 amide bonds. The fourth-order valence-electron chi connectivity index (χ4n) is 2.56. The van der Waals surface area contributed by atoms with E-state index in [0.717, 1.165) is 43.2 Å². The number of aryl methyl sites for hydroxylation is 1. The topological polar surface area (TPSA) is 108 Å². The van der Waals surface area contributed by atoms with E-state index in [0.29, 0.717) is 4.90 Å². The van der Waals surface area contributed by atoms with Gasteiger partial charge >= 0.3 is 18.1 Å². The molecule has 0 atom stereocenters. The number of carbonyl (C=O) groups is 3. The van der Waals surface area contributed by atoms with Gasteiger partial charge in [0.2, 0.25) is 5.43 Å². The Morgan fingerprint density at radius 3 is 2.16 bits per heavy atom. The third-order valence-electron chi connectivity index (χ3n) is 4.11. The SMILES string of the molecule is COC(=O)CN(CC(=O)OC)C(=O)c1nn(-c2cccc(C(F)(F)F)c2)c(C)cc1=O. The van der Waals surface area contributed by atoms with E-state index in [1.807, 2.05) is 0 Å². The van der Waals surface area contributed by atoms with Gasteiger partial charge < -0.3 is 14.4 Å². The molecule has 2 rings (SSSR count). The number of methoxy groups -OCH3 is 2. The Labute approximate surface area is 174 Å². The molecular weight excluding hydrogens is 423 g/mol. The first-order valence-corrected chi connectivity index (χ1v) is 8.69. The maximum Gasteiger partial charge on any atom is 0.416 e. The molecule has 0 aliphatic heterocycles.